The van der Waals surface area contributed by atoms with Crippen molar-refractivity contribution in [2.24, 2.45) is 5.92 Å². The lowest BCUT2D eigenvalue weighted by Gasteiger charge is -2.35. The summed E-state index contributed by atoms with van der Waals surface area (Å²) < 4.78 is 0. The quantitative estimate of drug-likeness (QED) is 0.709. The Bertz CT molecular complexity index is 222. The first-order valence-corrected chi connectivity index (χ1v) is 5.94. The Morgan fingerprint density at radius 1 is 1.57 bits per heavy atom. The van der Waals surface area contributed by atoms with E-state index in [1.807, 2.05) is 0 Å². The van der Waals surface area contributed by atoms with Gasteiger partial charge in [0.1, 0.15) is 0 Å². The molecule has 2 saturated heterocycles. The van der Waals surface area contributed by atoms with E-state index < -0.39 is 0 Å². The van der Waals surface area contributed by atoms with Crippen LogP contribution >= 0.6 is 11.6 Å². The summed E-state index contributed by atoms with van der Waals surface area (Å²) in [6.45, 7) is 3.01. The molecule has 0 saturated carbocycles. The van der Waals surface area contributed by atoms with Crippen LogP contribution < -0.4 is 5.32 Å². The highest BCUT2D eigenvalue weighted by Crippen LogP contribution is 2.27. The highest BCUT2D eigenvalue weighted by Gasteiger charge is 2.40. The van der Waals surface area contributed by atoms with E-state index in [0.29, 0.717) is 6.04 Å². The molecular formula is C10H17ClN2O. The van der Waals surface area contributed by atoms with Crippen molar-refractivity contribution < 1.29 is 4.79 Å². The van der Waals surface area contributed by atoms with Crippen molar-refractivity contribution in [3.8, 4) is 0 Å². The second kappa shape index (κ2) is 4.49. The van der Waals surface area contributed by atoms with E-state index in [0.717, 1.165) is 44.8 Å². The fraction of sp³-hybridized carbons (Fsp3) is 0.900. The SMILES string of the molecule is O=C1NCC2C1CCCN2CCCCl. The molecule has 0 radical (unpaired) electrons. The number of nitrogens with zero attached hydrogens (tertiary/aromatic N) is 1. The van der Waals surface area contributed by atoms with Crippen LogP contribution in [0.25, 0.3) is 0 Å². The fourth-order valence-electron chi connectivity index (χ4n) is 2.58. The highest BCUT2D eigenvalue weighted by atomic mass is 35.5. The van der Waals surface area contributed by atoms with Gasteiger partial charge in [-0.05, 0) is 32.4 Å². The molecule has 2 aliphatic rings. The first-order chi connectivity index (χ1) is 6.83. The van der Waals surface area contributed by atoms with Crippen LogP contribution in [-0.4, -0.2) is 42.4 Å². The third kappa shape index (κ3) is 1.89. The number of likely N-dealkylation sites (tertiary alicyclic amines) is 1. The lowest BCUT2D eigenvalue weighted by atomic mass is 9.91. The molecular weight excluding hydrogens is 200 g/mol. The van der Waals surface area contributed by atoms with Crippen molar-refractivity contribution in [1.82, 2.24) is 10.2 Å². The molecule has 1 amide bonds. The standard InChI is InChI=1S/C10H17ClN2O/c11-4-2-6-13-5-1-3-8-9(13)7-12-10(8)14/h8-9H,1-7H2,(H,12,14). The van der Waals surface area contributed by atoms with Crippen LogP contribution in [0.3, 0.4) is 0 Å². The summed E-state index contributed by atoms with van der Waals surface area (Å²) in [4.78, 5) is 13.9. The first-order valence-electron chi connectivity index (χ1n) is 5.40. The molecule has 2 heterocycles. The van der Waals surface area contributed by atoms with Gasteiger partial charge in [0.2, 0.25) is 5.91 Å². The maximum absolute atomic E-state index is 11.5. The predicted molar refractivity (Wildman–Crippen MR) is 56.4 cm³/mol. The number of hydrogen-bond donors (Lipinski definition) is 1. The van der Waals surface area contributed by atoms with Crippen LogP contribution in [0.15, 0.2) is 0 Å². The smallest absolute Gasteiger partial charge is 0.224 e. The lowest BCUT2D eigenvalue weighted by Crippen LogP contribution is -2.45. The Hall–Kier alpha value is -0.280. The van der Waals surface area contributed by atoms with Crippen molar-refractivity contribution in [2.75, 3.05) is 25.5 Å². The van der Waals surface area contributed by atoms with Gasteiger partial charge < -0.3 is 5.32 Å². The second-order valence-electron chi connectivity index (χ2n) is 4.14. The van der Waals surface area contributed by atoms with E-state index in [9.17, 15) is 4.79 Å². The maximum Gasteiger partial charge on any atom is 0.224 e. The van der Waals surface area contributed by atoms with Crippen LogP contribution in [0.1, 0.15) is 19.3 Å². The fourth-order valence-corrected chi connectivity index (χ4v) is 2.70. The Labute approximate surface area is 89.8 Å². The van der Waals surface area contributed by atoms with E-state index >= 15 is 0 Å². The van der Waals surface area contributed by atoms with Crippen LogP contribution in [0.4, 0.5) is 0 Å². The molecule has 1 N–H and O–H groups in total. The number of rotatable bonds is 3. The zero-order valence-corrected chi connectivity index (χ0v) is 9.09. The van der Waals surface area contributed by atoms with Gasteiger partial charge in [-0.2, -0.15) is 0 Å². The molecule has 2 rings (SSSR count). The van der Waals surface area contributed by atoms with Gasteiger partial charge in [-0.3, -0.25) is 9.69 Å². The number of hydrogen-bond acceptors (Lipinski definition) is 2. The molecule has 0 bridgehead atoms. The summed E-state index contributed by atoms with van der Waals surface area (Å²) in [5.41, 5.74) is 0. The lowest BCUT2D eigenvalue weighted by molar-refractivity contribution is -0.124. The summed E-state index contributed by atoms with van der Waals surface area (Å²) >= 11 is 5.68. The zero-order chi connectivity index (χ0) is 9.97. The number of halogens is 1. The highest BCUT2D eigenvalue weighted by molar-refractivity contribution is 6.17. The normalized spacial score (nSPS) is 32.8. The number of fused-ring (bicyclic) bond motifs is 1. The largest absolute Gasteiger partial charge is 0.354 e. The number of piperidine rings is 1. The van der Waals surface area contributed by atoms with Crippen molar-refractivity contribution in [1.29, 1.82) is 0 Å². The average molecular weight is 217 g/mol. The summed E-state index contributed by atoms with van der Waals surface area (Å²) in [7, 11) is 0. The second-order valence-corrected chi connectivity index (χ2v) is 4.52. The monoisotopic (exact) mass is 216 g/mol. The van der Waals surface area contributed by atoms with Crippen LogP contribution in [0.2, 0.25) is 0 Å². The third-order valence-electron chi connectivity index (χ3n) is 3.30. The van der Waals surface area contributed by atoms with Gasteiger partial charge in [0.05, 0.1) is 5.92 Å². The van der Waals surface area contributed by atoms with Gasteiger partial charge in [0.25, 0.3) is 0 Å². The molecule has 0 spiro atoms. The Morgan fingerprint density at radius 2 is 2.43 bits per heavy atom. The van der Waals surface area contributed by atoms with E-state index in [-0.39, 0.29) is 11.8 Å². The minimum Gasteiger partial charge on any atom is -0.354 e. The minimum absolute atomic E-state index is 0.249. The van der Waals surface area contributed by atoms with Crippen LogP contribution in [0.5, 0.6) is 0 Å². The number of carbonyl (C=O) groups excluding carboxylic acids is 1. The molecule has 2 atom stereocenters. The van der Waals surface area contributed by atoms with Crippen LogP contribution in [-0.2, 0) is 4.79 Å². The van der Waals surface area contributed by atoms with Gasteiger partial charge >= 0.3 is 0 Å². The average Bonchev–Trinajstić information content (AvgIpc) is 2.58. The van der Waals surface area contributed by atoms with E-state index in [4.69, 9.17) is 11.6 Å². The maximum atomic E-state index is 11.5. The van der Waals surface area contributed by atoms with Crippen LogP contribution in [0, 0.1) is 5.92 Å². The minimum atomic E-state index is 0.249. The Kier molecular flexibility index (Phi) is 3.29. The van der Waals surface area contributed by atoms with Gasteiger partial charge in [-0.25, -0.2) is 0 Å². The van der Waals surface area contributed by atoms with Gasteiger partial charge in [-0.15, -0.1) is 11.6 Å². The molecule has 14 heavy (non-hydrogen) atoms. The van der Waals surface area contributed by atoms with Gasteiger partial charge in [0, 0.05) is 18.5 Å². The molecule has 2 fully saturated rings. The number of alkyl halides is 1. The number of amides is 1. The number of nitrogens with one attached hydrogen (secondary N) is 1. The molecule has 3 nitrogen and oxygen atoms in total. The predicted octanol–water partition coefficient (Wildman–Crippen LogP) is 0.826. The molecule has 80 valence electrons. The Balaban J connectivity index is 1.94. The summed E-state index contributed by atoms with van der Waals surface area (Å²) in [5, 5.41) is 2.95. The van der Waals surface area contributed by atoms with E-state index in [2.05, 4.69) is 10.2 Å². The molecule has 0 aromatic carbocycles. The molecule has 4 heteroatoms. The topological polar surface area (TPSA) is 32.3 Å². The van der Waals surface area contributed by atoms with Crippen molar-refractivity contribution >= 4 is 17.5 Å². The zero-order valence-electron chi connectivity index (χ0n) is 8.34. The third-order valence-corrected chi connectivity index (χ3v) is 3.56. The van der Waals surface area contributed by atoms with E-state index in [1.54, 1.807) is 0 Å². The summed E-state index contributed by atoms with van der Waals surface area (Å²) in [5.74, 6) is 1.22. The summed E-state index contributed by atoms with van der Waals surface area (Å²) in [6.07, 6.45) is 3.24. The van der Waals surface area contributed by atoms with Gasteiger partial charge in [0.15, 0.2) is 0 Å². The number of carbonyl (C=O) groups is 1. The molecule has 0 aromatic rings. The molecule has 0 aliphatic carbocycles. The first kappa shape index (κ1) is 10.2. The summed E-state index contributed by atoms with van der Waals surface area (Å²) in [6, 6.07) is 0.444. The van der Waals surface area contributed by atoms with Crippen molar-refractivity contribution in [3.63, 3.8) is 0 Å². The molecule has 2 unspecified atom stereocenters. The Morgan fingerprint density at radius 3 is 3.21 bits per heavy atom. The van der Waals surface area contributed by atoms with E-state index in [1.165, 1.54) is 0 Å². The molecule has 2 aliphatic heterocycles. The molecule has 0 aromatic heterocycles. The van der Waals surface area contributed by atoms with Crippen molar-refractivity contribution in [2.45, 2.75) is 25.3 Å². The van der Waals surface area contributed by atoms with Gasteiger partial charge in [-0.1, -0.05) is 0 Å². The van der Waals surface area contributed by atoms with Crippen molar-refractivity contribution in [3.05, 3.63) is 0 Å².